The standard InChI is InChI=1S/C30H31N5O3/c1-3-35-26-9-5-4-8-24(26)25-17-22(12-15-27(25)35)31-30(36)21-7-6-16-34(18-21)19-28-32-29(33-38-28)20-10-13-23(37-2)14-11-20/h4-5,8-15,17,21H,3,6-7,16,18-19H2,1-2H3,(H,31,36). The molecule has 3 heterocycles. The first-order valence-electron chi connectivity index (χ1n) is 13.1. The number of ether oxygens (including phenoxy) is 1. The van der Waals surface area contributed by atoms with E-state index in [0.717, 1.165) is 48.3 Å². The lowest BCUT2D eigenvalue weighted by Gasteiger charge is -2.30. The third-order valence-electron chi connectivity index (χ3n) is 7.41. The summed E-state index contributed by atoms with van der Waals surface area (Å²) in [6, 6.07) is 22.2. The number of anilines is 1. The van der Waals surface area contributed by atoms with E-state index < -0.39 is 0 Å². The Kier molecular flexibility index (Phi) is 6.55. The quantitative estimate of drug-likeness (QED) is 0.302. The second-order valence-electron chi connectivity index (χ2n) is 9.80. The van der Waals surface area contributed by atoms with Crippen molar-refractivity contribution in [3.8, 4) is 17.1 Å². The molecular weight excluding hydrogens is 478 g/mol. The van der Waals surface area contributed by atoms with Gasteiger partial charge in [0.15, 0.2) is 0 Å². The van der Waals surface area contributed by atoms with Gasteiger partial charge in [-0.05, 0) is 74.8 Å². The summed E-state index contributed by atoms with van der Waals surface area (Å²) >= 11 is 0. The SMILES string of the molecule is CCn1c2ccccc2c2cc(NC(=O)C3CCCN(Cc4nc(-c5ccc(OC)cc5)no4)C3)ccc21. The van der Waals surface area contributed by atoms with Crippen molar-refractivity contribution < 1.29 is 14.1 Å². The maximum atomic E-state index is 13.3. The summed E-state index contributed by atoms with van der Waals surface area (Å²) in [6.07, 6.45) is 1.81. The van der Waals surface area contributed by atoms with Crippen LogP contribution in [0, 0.1) is 5.92 Å². The molecule has 1 N–H and O–H groups in total. The number of hydrogen-bond acceptors (Lipinski definition) is 6. The van der Waals surface area contributed by atoms with Crippen molar-refractivity contribution >= 4 is 33.4 Å². The molecule has 0 radical (unpaired) electrons. The van der Waals surface area contributed by atoms with Crippen LogP contribution < -0.4 is 10.1 Å². The van der Waals surface area contributed by atoms with Crippen LogP contribution in [0.3, 0.4) is 0 Å². The Morgan fingerprint density at radius 1 is 1.08 bits per heavy atom. The van der Waals surface area contributed by atoms with E-state index in [1.54, 1.807) is 7.11 Å². The van der Waals surface area contributed by atoms with Crippen molar-refractivity contribution in [3.05, 3.63) is 72.6 Å². The smallest absolute Gasteiger partial charge is 0.241 e. The van der Waals surface area contributed by atoms with Crippen molar-refractivity contribution in [2.45, 2.75) is 32.9 Å². The van der Waals surface area contributed by atoms with Crippen LogP contribution in [0.5, 0.6) is 5.75 Å². The van der Waals surface area contributed by atoms with Crippen LogP contribution in [0.25, 0.3) is 33.2 Å². The fraction of sp³-hybridized carbons (Fsp3) is 0.300. The zero-order valence-corrected chi connectivity index (χ0v) is 21.7. The Balaban J connectivity index is 1.12. The summed E-state index contributed by atoms with van der Waals surface area (Å²) in [6.45, 7) is 5.13. The summed E-state index contributed by atoms with van der Waals surface area (Å²) in [4.78, 5) is 20.1. The minimum Gasteiger partial charge on any atom is -0.497 e. The molecule has 1 fully saturated rings. The number of fused-ring (bicyclic) bond motifs is 3. The maximum Gasteiger partial charge on any atom is 0.241 e. The molecule has 1 saturated heterocycles. The highest BCUT2D eigenvalue weighted by Gasteiger charge is 2.27. The van der Waals surface area contributed by atoms with E-state index in [-0.39, 0.29) is 11.8 Å². The number of carbonyl (C=O) groups is 1. The van der Waals surface area contributed by atoms with Crippen LogP contribution in [0.1, 0.15) is 25.7 Å². The molecular formula is C30H31N5O3. The molecule has 5 aromatic rings. The number of nitrogens with zero attached hydrogens (tertiary/aromatic N) is 4. The first-order valence-corrected chi connectivity index (χ1v) is 13.1. The molecule has 1 atom stereocenters. The van der Waals surface area contributed by atoms with E-state index in [9.17, 15) is 4.79 Å². The highest BCUT2D eigenvalue weighted by Crippen LogP contribution is 2.31. The summed E-state index contributed by atoms with van der Waals surface area (Å²) in [5.41, 5.74) is 4.10. The molecule has 194 valence electrons. The van der Waals surface area contributed by atoms with Gasteiger partial charge < -0.3 is 19.1 Å². The van der Waals surface area contributed by atoms with Crippen molar-refractivity contribution in [2.24, 2.45) is 5.92 Å². The normalized spacial score (nSPS) is 16.2. The minimum absolute atomic E-state index is 0.0535. The van der Waals surface area contributed by atoms with E-state index in [1.165, 1.54) is 16.4 Å². The van der Waals surface area contributed by atoms with Gasteiger partial charge in [0.2, 0.25) is 17.6 Å². The zero-order valence-electron chi connectivity index (χ0n) is 21.7. The molecule has 0 saturated carbocycles. The molecule has 0 bridgehead atoms. The number of hydrogen-bond donors (Lipinski definition) is 1. The number of piperidine rings is 1. The fourth-order valence-corrected chi connectivity index (χ4v) is 5.50. The van der Waals surface area contributed by atoms with Gasteiger partial charge in [-0.3, -0.25) is 9.69 Å². The second kappa shape index (κ2) is 10.3. The predicted octanol–water partition coefficient (Wildman–Crippen LogP) is 5.72. The molecule has 3 aromatic carbocycles. The second-order valence-corrected chi connectivity index (χ2v) is 9.80. The van der Waals surface area contributed by atoms with Gasteiger partial charge in [-0.2, -0.15) is 4.98 Å². The topological polar surface area (TPSA) is 85.4 Å². The van der Waals surface area contributed by atoms with Gasteiger partial charge in [-0.25, -0.2) is 0 Å². The monoisotopic (exact) mass is 509 g/mol. The molecule has 0 spiro atoms. The minimum atomic E-state index is -0.0968. The lowest BCUT2D eigenvalue weighted by Crippen LogP contribution is -2.40. The number of benzene rings is 3. The summed E-state index contributed by atoms with van der Waals surface area (Å²) in [5, 5.41) is 9.68. The van der Waals surface area contributed by atoms with Crippen LogP contribution in [0.2, 0.25) is 0 Å². The number of aromatic nitrogens is 3. The molecule has 2 aromatic heterocycles. The molecule has 1 unspecified atom stereocenters. The molecule has 1 aliphatic rings. The highest BCUT2D eigenvalue weighted by molar-refractivity contribution is 6.09. The van der Waals surface area contributed by atoms with Gasteiger partial charge in [0.05, 0.1) is 19.6 Å². The van der Waals surface area contributed by atoms with E-state index in [2.05, 4.69) is 68.2 Å². The van der Waals surface area contributed by atoms with E-state index in [0.29, 0.717) is 24.8 Å². The summed E-state index contributed by atoms with van der Waals surface area (Å²) in [7, 11) is 1.64. The average Bonchev–Trinajstić information content (AvgIpc) is 3.55. The number of methoxy groups -OCH3 is 1. The van der Waals surface area contributed by atoms with Crippen LogP contribution in [0.4, 0.5) is 5.69 Å². The lowest BCUT2D eigenvalue weighted by molar-refractivity contribution is -0.121. The average molecular weight is 510 g/mol. The van der Waals surface area contributed by atoms with Gasteiger partial charge in [0.25, 0.3) is 0 Å². The zero-order chi connectivity index (χ0) is 26.1. The summed E-state index contributed by atoms with van der Waals surface area (Å²) in [5.74, 6) is 1.84. The largest absolute Gasteiger partial charge is 0.497 e. The number of carbonyl (C=O) groups excluding carboxylic acids is 1. The third-order valence-corrected chi connectivity index (χ3v) is 7.41. The van der Waals surface area contributed by atoms with Gasteiger partial charge >= 0.3 is 0 Å². The third kappa shape index (κ3) is 4.63. The van der Waals surface area contributed by atoms with Crippen molar-refractivity contribution in [2.75, 3.05) is 25.5 Å². The Labute approximate surface area is 221 Å². The molecule has 8 heteroatoms. The Bertz CT molecular complexity index is 1590. The van der Waals surface area contributed by atoms with Gasteiger partial charge in [0.1, 0.15) is 5.75 Å². The molecule has 8 nitrogen and oxygen atoms in total. The maximum absolute atomic E-state index is 13.3. The van der Waals surface area contributed by atoms with Crippen LogP contribution in [-0.2, 0) is 17.9 Å². The molecule has 6 rings (SSSR count). The lowest BCUT2D eigenvalue weighted by atomic mass is 9.97. The van der Waals surface area contributed by atoms with Crippen molar-refractivity contribution in [3.63, 3.8) is 0 Å². The first kappa shape index (κ1) is 24.2. The number of likely N-dealkylation sites (tertiary alicyclic amines) is 1. The van der Waals surface area contributed by atoms with Gasteiger partial charge in [-0.15, -0.1) is 0 Å². The predicted molar refractivity (Wildman–Crippen MR) is 148 cm³/mol. The number of para-hydroxylation sites is 1. The number of rotatable bonds is 7. The fourth-order valence-electron chi connectivity index (χ4n) is 5.50. The molecule has 0 aliphatic carbocycles. The first-order chi connectivity index (χ1) is 18.6. The van der Waals surface area contributed by atoms with E-state index in [4.69, 9.17) is 9.26 Å². The van der Waals surface area contributed by atoms with Gasteiger partial charge in [-0.1, -0.05) is 23.4 Å². The number of aryl methyl sites for hydroxylation is 1. The summed E-state index contributed by atoms with van der Waals surface area (Å²) < 4.78 is 13.0. The van der Waals surface area contributed by atoms with Crippen LogP contribution in [0.15, 0.2) is 71.3 Å². The van der Waals surface area contributed by atoms with E-state index >= 15 is 0 Å². The van der Waals surface area contributed by atoms with Crippen molar-refractivity contribution in [1.82, 2.24) is 19.6 Å². The Morgan fingerprint density at radius 2 is 1.89 bits per heavy atom. The van der Waals surface area contributed by atoms with Crippen LogP contribution in [-0.4, -0.2) is 45.7 Å². The Morgan fingerprint density at radius 3 is 2.71 bits per heavy atom. The van der Waals surface area contributed by atoms with Crippen LogP contribution >= 0.6 is 0 Å². The highest BCUT2D eigenvalue weighted by atomic mass is 16.5. The Hall–Kier alpha value is -4.17. The van der Waals surface area contributed by atoms with Gasteiger partial charge in [0, 0.05) is 46.1 Å². The number of amides is 1. The number of nitrogens with one attached hydrogen (secondary N) is 1. The molecule has 1 aliphatic heterocycles. The van der Waals surface area contributed by atoms with Crippen molar-refractivity contribution in [1.29, 1.82) is 0 Å². The molecule has 38 heavy (non-hydrogen) atoms. The van der Waals surface area contributed by atoms with E-state index in [1.807, 2.05) is 30.3 Å². The molecule has 1 amide bonds.